The summed E-state index contributed by atoms with van der Waals surface area (Å²) in [5.41, 5.74) is 3.14. The minimum atomic E-state index is -0.733. The Morgan fingerprint density at radius 2 is 1.83 bits per heavy atom. The fourth-order valence-electron chi connectivity index (χ4n) is 2.66. The third-order valence-electron chi connectivity index (χ3n) is 3.79. The molecule has 0 saturated heterocycles. The van der Waals surface area contributed by atoms with Crippen molar-refractivity contribution in [3.8, 4) is 11.8 Å². The summed E-state index contributed by atoms with van der Waals surface area (Å²) in [7, 11) is 0. The highest BCUT2D eigenvalue weighted by atomic mass is 35.5. The zero-order chi connectivity index (χ0) is 16.2. The minimum Gasteiger partial charge on any atom is -0.269 e. The van der Waals surface area contributed by atoms with Crippen molar-refractivity contribution in [3.05, 3.63) is 70.8 Å². The number of hydrogen-bond acceptors (Lipinski definition) is 2. The van der Waals surface area contributed by atoms with E-state index in [2.05, 4.69) is 11.8 Å². The Morgan fingerprint density at radius 1 is 1.04 bits per heavy atom. The molecule has 0 N–H and O–H groups in total. The molecule has 0 spiro atoms. The quantitative estimate of drug-likeness (QED) is 0.420. The van der Waals surface area contributed by atoms with E-state index in [-0.39, 0.29) is 5.91 Å². The predicted octanol–water partition coefficient (Wildman–Crippen LogP) is 3.83. The molecule has 2 aromatic carbocycles. The molecule has 0 radical (unpaired) electrons. The molecule has 0 aliphatic carbocycles. The SMILES string of the molecule is O=C(Cl)N1CCCc2c(C#Cc3ccccc3)cccc2C1=O. The molecule has 0 bridgehead atoms. The van der Waals surface area contributed by atoms with Crippen LogP contribution in [0.1, 0.15) is 33.5 Å². The van der Waals surface area contributed by atoms with Crippen LogP contribution in [0.5, 0.6) is 0 Å². The zero-order valence-electron chi connectivity index (χ0n) is 12.4. The Morgan fingerprint density at radius 3 is 2.57 bits per heavy atom. The van der Waals surface area contributed by atoms with Crippen molar-refractivity contribution in [3.63, 3.8) is 0 Å². The lowest BCUT2D eigenvalue weighted by Crippen LogP contribution is -2.33. The maximum Gasteiger partial charge on any atom is 0.323 e. The van der Waals surface area contributed by atoms with Crippen molar-refractivity contribution >= 4 is 22.9 Å². The Hall–Kier alpha value is -2.57. The largest absolute Gasteiger partial charge is 0.323 e. The van der Waals surface area contributed by atoms with Gasteiger partial charge in [0.2, 0.25) is 0 Å². The van der Waals surface area contributed by atoms with Gasteiger partial charge in [-0.25, -0.2) is 0 Å². The molecule has 0 fully saturated rings. The standard InChI is InChI=1S/C19H14ClNO2/c20-19(23)21-13-5-10-16-15(8-4-9-17(16)18(21)22)12-11-14-6-2-1-3-7-14/h1-4,6-9H,5,10,13H2. The number of fused-ring (bicyclic) bond motifs is 1. The number of imide groups is 1. The molecule has 1 aliphatic rings. The van der Waals surface area contributed by atoms with Crippen LogP contribution < -0.4 is 0 Å². The fraction of sp³-hybridized carbons (Fsp3) is 0.158. The summed E-state index contributed by atoms with van der Waals surface area (Å²) >= 11 is 5.51. The van der Waals surface area contributed by atoms with E-state index in [1.54, 1.807) is 12.1 Å². The van der Waals surface area contributed by atoms with Gasteiger partial charge in [-0.05, 0) is 54.3 Å². The van der Waals surface area contributed by atoms with Crippen molar-refractivity contribution in [2.75, 3.05) is 6.54 Å². The van der Waals surface area contributed by atoms with E-state index in [0.717, 1.165) is 21.6 Å². The molecule has 1 aliphatic heterocycles. The second-order valence-corrected chi connectivity index (χ2v) is 5.58. The summed E-state index contributed by atoms with van der Waals surface area (Å²) in [6.45, 7) is 0.335. The second-order valence-electron chi connectivity index (χ2n) is 5.26. The molecule has 1 heterocycles. The van der Waals surface area contributed by atoms with Crippen LogP contribution in [0.3, 0.4) is 0 Å². The minimum absolute atomic E-state index is 0.335. The van der Waals surface area contributed by atoms with Crippen molar-refractivity contribution in [1.29, 1.82) is 0 Å². The Balaban J connectivity index is 2.01. The van der Waals surface area contributed by atoms with Crippen LogP contribution in [0, 0.1) is 11.8 Å². The zero-order valence-corrected chi connectivity index (χ0v) is 13.1. The average Bonchev–Trinajstić information content (AvgIpc) is 2.74. The molecular formula is C19H14ClNO2. The summed E-state index contributed by atoms with van der Waals surface area (Å²) in [6, 6.07) is 15.1. The van der Waals surface area contributed by atoms with Crippen LogP contribution in [-0.2, 0) is 6.42 Å². The third-order valence-corrected chi connectivity index (χ3v) is 3.99. The Bertz CT molecular complexity index is 818. The van der Waals surface area contributed by atoms with Gasteiger partial charge < -0.3 is 0 Å². The van der Waals surface area contributed by atoms with Gasteiger partial charge in [0.05, 0.1) is 0 Å². The van der Waals surface area contributed by atoms with Crippen molar-refractivity contribution < 1.29 is 9.59 Å². The molecule has 2 aromatic rings. The van der Waals surface area contributed by atoms with E-state index in [1.165, 1.54) is 0 Å². The van der Waals surface area contributed by atoms with Crippen molar-refractivity contribution in [2.45, 2.75) is 12.8 Å². The summed E-state index contributed by atoms with van der Waals surface area (Å²) in [5.74, 6) is 5.91. The highest BCUT2D eigenvalue weighted by Gasteiger charge is 2.27. The number of hydrogen-bond donors (Lipinski definition) is 0. The molecule has 23 heavy (non-hydrogen) atoms. The number of carbonyl (C=O) groups excluding carboxylic acids is 2. The summed E-state index contributed by atoms with van der Waals surface area (Å²) in [5, 5.41) is -0.733. The van der Waals surface area contributed by atoms with Gasteiger partial charge in [0.1, 0.15) is 0 Å². The van der Waals surface area contributed by atoms with E-state index in [1.807, 2.05) is 36.4 Å². The lowest BCUT2D eigenvalue weighted by molar-refractivity contribution is 0.0824. The lowest BCUT2D eigenvalue weighted by Gasteiger charge is -2.15. The van der Waals surface area contributed by atoms with Gasteiger partial charge in [-0.15, -0.1) is 0 Å². The predicted molar refractivity (Wildman–Crippen MR) is 89.5 cm³/mol. The normalized spacial score (nSPS) is 13.6. The van der Waals surface area contributed by atoms with E-state index in [0.29, 0.717) is 24.9 Å². The van der Waals surface area contributed by atoms with Crippen LogP contribution in [0.4, 0.5) is 4.79 Å². The first-order chi connectivity index (χ1) is 11.2. The maximum atomic E-state index is 12.5. The highest BCUT2D eigenvalue weighted by molar-refractivity contribution is 6.64. The van der Waals surface area contributed by atoms with Crippen LogP contribution in [-0.4, -0.2) is 22.7 Å². The van der Waals surface area contributed by atoms with Gasteiger partial charge in [-0.3, -0.25) is 14.5 Å². The smallest absolute Gasteiger partial charge is 0.269 e. The van der Waals surface area contributed by atoms with Crippen LogP contribution in [0.25, 0.3) is 0 Å². The Labute approximate surface area is 139 Å². The molecule has 0 aromatic heterocycles. The fourth-order valence-corrected chi connectivity index (χ4v) is 2.82. The van der Waals surface area contributed by atoms with Crippen LogP contribution >= 0.6 is 11.6 Å². The number of halogens is 1. The van der Waals surface area contributed by atoms with Gasteiger partial charge in [0.15, 0.2) is 0 Å². The summed E-state index contributed by atoms with van der Waals surface area (Å²) in [4.78, 5) is 25.0. The Kier molecular flexibility index (Phi) is 4.45. The van der Waals surface area contributed by atoms with Crippen LogP contribution in [0.2, 0.25) is 0 Å². The van der Waals surface area contributed by atoms with E-state index < -0.39 is 5.37 Å². The van der Waals surface area contributed by atoms with E-state index >= 15 is 0 Å². The maximum absolute atomic E-state index is 12.5. The lowest BCUT2D eigenvalue weighted by atomic mass is 9.97. The average molecular weight is 324 g/mol. The first-order valence-electron chi connectivity index (χ1n) is 7.37. The summed E-state index contributed by atoms with van der Waals surface area (Å²) in [6.07, 6.45) is 1.38. The van der Waals surface area contributed by atoms with Gasteiger partial charge >= 0.3 is 5.37 Å². The number of rotatable bonds is 0. The van der Waals surface area contributed by atoms with Gasteiger partial charge in [0.25, 0.3) is 5.91 Å². The second kappa shape index (κ2) is 6.68. The first kappa shape index (κ1) is 15.3. The molecule has 0 saturated carbocycles. The molecule has 3 nitrogen and oxygen atoms in total. The van der Waals surface area contributed by atoms with Crippen LogP contribution in [0.15, 0.2) is 48.5 Å². The molecule has 114 valence electrons. The molecule has 0 unspecified atom stereocenters. The number of benzene rings is 2. The third kappa shape index (κ3) is 3.28. The summed E-state index contributed by atoms with van der Waals surface area (Å²) < 4.78 is 0. The number of amides is 2. The highest BCUT2D eigenvalue weighted by Crippen LogP contribution is 2.23. The molecular weight excluding hydrogens is 310 g/mol. The number of nitrogens with zero attached hydrogens (tertiary/aromatic N) is 1. The monoisotopic (exact) mass is 323 g/mol. The molecule has 4 heteroatoms. The van der Waals surface area contributed by atoms with Gasteiger partial charge in [-0.1, -0.05) is 36.1 Å². The van der Waals surface area contributed by atoms with E-state index in [4.69, 9.17) is 11.6 Å². The van der Waals surface area contributed by atoms with Crippen molar-refractivity contribution in [2.24, 2.45) is 0 Å². The first-order valence-corrected chi connectivity index (χ1v) is 7.75. The van der Waals surface area contributed by atoms with Gasteiger partial charge in [0, 0.05) is 23.2 Å². The van der Waals surface area contributed by atoms with E-state index in [9.17, 15) is 9.59 Å². The molecule has 0 atom stereocenters. The topological polar surface area (TPSA) is 37.4 Å². The number of carbonyl (C=O) groups is 2. The van der Waals surface area contributed by atoms with Gasteiger partial charge in [-0.2, -0.15) is 0 Å². The molecule has 3 rings (SSSR count). The molecule has 2 amide bonds. The van der Waals surface area contributed by atoms with Crippen molar-refractivity contribution in [1.82, 2.24) is 4.90 Å².